The van der Waals surface area contributed by atoms with Gasteiger partial charge in [-0.15, -0.1) is 0 Å². The molecule has 1 aromatic rings. The highest BCUT2D eigenvalue weighted by molar-refractivity contribution is 5.33. The molecule has 2 aliphatic carbocycles. The van der Waals surface area contributed by atoms with E-state index < -0.39 is 0 Å². The predicted octanol–water partition coefficient (Wildman–Crippen LogP) is 4.76. The standard InChI is InChI=1S/C24H31NO3/c1-26-25-24(20-11-13-27-14-12-20)22-7-4-8-23(16-22)28-17-18-9-10-19-5-2-3-6-21(19)15-18/h2-4,7-10,15-16,19-21,24-25H,5-6,11-14,17H2,1H3/t19?,21?,24-/m1/s1. The average molecular weight is 382 g/mol. The van der Waals surface area contributed by atoms with Gasteiger partial charge in [0.25, 0.3) is 0 Å². The quantitative estimate of drug-likeness (QED) is 0.546. The number of ether oxygens (including phenoxy) is 2. The monoisotopic (exact) mass is 381 g/mol. The molecule has 1 heterocycles. The summed E-state index contributed by atoms with van der Waals surface area (Å²) in [5.74, 6) is 2.71. The lowest BCUT2D eigenvalue weighted by Gasteiger charge is -2.30. The Hall–Kier alpha value is -1.88. The Morgan fingerprint density at radius 2 is 1.96 bits per heavy atom. The molecule has 1 aromatic carbocycles. The molecule has 28 heavy (non-hydrogen) atoms. The summed E-state index contributed by atoms with van der Waals surface area (Å²) >= 11 is 0. The molecule has 4 heteroatoms. The van der Waals surface area contributed by atoms with E-state index in [1.807, 2.05) is 6.07 Å². The largest absolute Gasteiger partial charge is 0.489 e. The van der Waals surface area contributed by atoms with Crippen molar-refractivity contribution in [3.8, 4) is 5.75 Å². The van der Waals surface area contributed by atoms with Gasteiger partial charge in [0.05, 0.1) is 13.2 Å². The van der Waals surface area contributed by atoms with Crippen molar-refractivity contribution in [2.45, 2.75) is 31.7 Å². The highest BCUT2D eigenvalue weighted by atomic mass is 16.6. The maximum absolute atomic E-state index is 6.15. The minimum absolute atomic E-state index is 0.154. The summed E-state index contributed by atoms with van der Waals surface area (Å²) in [5.41, 5.74) is 5.67. The molecule has 0 spiro atoms. The van der Waals surface area contributed by atoms with Crippen molar-refractivity contribution in [3.05, 3.63) is 65.8 Å². The topological polar surface area (TPSA) is 39.7 Å². The minimum Gasteiger partial charge on any atom is -0.489 e. The second kappa shape index (κ2) is 9.55. The second-order valence-corrected chi connectivity index (χ2v) is 7.98. The molecular weight excluding hydrogens is 350 g/mol. The first-order chi connectivity index (χ1) is 13.8. The summed E-state index contributed by atoms with van der Waals surface area (Å²) in [7, 11) is 1.68. The van der Waals surface area contributed by atoms with Crippen LogP contribution in [0.4, 0.5) is 0 Å². The number of hydrogen-bond acceptors (Lipinski definition) is 4. The molecule has 3 aliphatic rings. The Kier molecular flexibility index (Phi) is 6.63. The molecule has 150 valence electrons. The first kappa shape index (κ1) is 19.4. The van der Waals surface area contributed by atoms with E-state index >= 15 is 0 Å². The molecule has 1 aliphatic heterocycles. The summed E-state index contributed by atoms with van der Waals surface area (Å²) in [4.78, 5) is 5.30. The lowest BCUT2D eigenvalue weighted by atomic mass is 9.79. The van der Waals surface area contributed by atoms with Crippen LogP contribution in [-0.4, -0.2) is 26.9 Å². The van der Waals surface area contributed by atoms with Crippen LogP contribution in [0.3, 0.4) is 0 Å². The molecule has 0 radical (unpaired) electrons. The predicted molar refractivity (Wildman–Crippen MR) is 111 cm³/mol. The van der Waals surface area contributed by atoms with Crippen LogP contribution >= 0.6 is 0 Å². The van der Waals surface area contributed by atoms with Crippen molar-refractivity contribution in [1.29, 1.82) is 0 Å². The van der Waals surface area contributed by atoms with Crippen LogP contribution in [-0.2, 0) is 9.57 Å². The van der Waals surface area contributed by atoms with Crippen LogP contribution in [0.2, 0.25) is 0 Å². The van der Waals surface area contributed by atoms with Crippen LogP contribution in [0.25, 0.3) is 0 Å². The zero-order valence-corrected chi connectivity index (χ0v) is 16.7. The van der Waals surface area contributed by atoms with Crippen molar-refractivity contribution in [3.63, 3.8) is 0 Å². The fraction of sp³-hybridized carbons (Fsp3) is 0.500. The summed E-state index contributed by atoms with van der Waals surface area (Å²) < 4.78 is 11.7. The van der Waals surface area contributed by atoms with Gasteiger partial charge in [-0.25, -0.2) is 0 Å². The summed E-state index contributed by atoms with van der Waals surface area (Å²) in [6.07, 6.45) is 16.0. The summed E-state index contributed by atoms with van der Waals surface area (Å²) in [6.45, 7) is 2.26. The van der Waals surface area contributed by atoms with Crippen molar-refractivity contribution in [2.75, 3.05) is 26.9 Å². The highest BCUT2D eigenvalue weighted by Gasteiger charge is 2.26. The smallest absolute Gasteiger partial charge is 0.120 e. The van der Waals surface area contributed by atoms with Crippen molar-refractivity contribution in [1.82, 2.24) is 5.48 Å². The third kappa shape index (κ3) is 4.75. The molecule has 3 atom stereocenters. The first-order valence-electron chi connectivity index (χ1n) is 10.5. The van der Waals surface area contributed by atoms with Gasteiger partial charge in [0.15, 0.2) is 0 Å². The molecule has 1 saturated heterocycles. The fourth-order valence-electron chi connectivity index (χ4n) is 4.52. The van der Waals surface area contributed by atoms with E-state index in [0.29, 0.717) is 24.4 Å². The summed E-state index contributed by atoms with van der Waals surface area (Å²) in [5, 5.41) is 0. The Morgan fingerprint density at radius 3 is 2.79 bits per heavy atom. The molecule has 4 nitrogen and oxygen atoms in total. The Balaban J connectivity index is 1.41. The molecular formula is C24H31NO3. The van der Waals surface area contributed by atoms with E-state index in [9.17, 15) is 0 Å². The Bertz CT molecular complexity index is 733. The van der Waals surface area contributed by atoms with Crippen molar-refractivity contribution in [2.24, 2.45) is 17.8 Å². The van der Waals surface area contributed by atoms with Gasteiger partial charge in [0, 0.05) is 13.2 Å². The third-order valence-electron chi connectivity index (χ3n) is 6.12. The molecule has 1 N–H and O–H groups in total. The van der Waals surface area contributed by atoms with E-state index in [2.05, 4.69) is 54.1 Å². The van der Waals surface area contributed by atoms with Gasteiger partial charge in [0.1, 0.15) is 12.4 Å². The molecule has 2 unspecified atom stereocenters. The molecule has 1 fully saturated rings. The van der Waals surface area contributed by atoms with Crippen LogP contribution in [0.5, 0.6) is 5.75 Å². The maximum atomic E-state index is 6.15. The maximum Gasteiger partial charge on any atom is 0.120 e. The molecule has 0 aromatic heterocycles. The van der Waals surface area contributed by atoms with Gasteiger partial charge in [0.2, 0.25) is 0 Å². The normalized spacial score (nSPS) is 25.8. The summed E-state index contributed by atoms with van der Waals surface area (Å²) in [6, 6.07) is 8.56. The first-order valence-corrected chi connectivity index (χ1v) is 10.5. The van der Waals surface area contributed by atoms with Gasteiger partial charge in [-0.05, 0) is 66.7 Å². The number of hydrogen-bond donors (Lipinski definition) is 1. The van der Waals surface area contributed by atoms with Gasteiger partial charge in [-0.2, -0.15) is 5.48 Å². The number of rotatable bonds is 7. The number of benzene rings is 1. The third-order valence-corrected chi connectivity index (χ3v) is 6.12. The van der Waals surface area contributed by atoms with E-state index in [0.717, 1.165) is 44.6 Å². The van der Waals surface area contributed by atoms with Crippen LogP contribution in [0.1, 0.15) is 37.3 Å². The number of allylic oxidation sites excluding steroid dienone is 4. The highest BCUT2D eigenvalue weighted by Crippen LogP contribution is 2.34. The number of hydroxylamine groups is 1. The Morgan fingerprint density at radius 1 is 1.14 bits per heavy atom. The molecule has 0 bridgehead atoms. The number of nitrogens with one attached hydrogen (secondary N) is 1. The van der Waals surface area contributed by atoms with E-state index in [-0.39, 0.29) is 6.04 Å². The number of fused-ring (bicyclic) bond motifs is 1. The lowest BCUT2D eigenvalue weighted by Crippen LogP contribution is -2.31. The lowest BCUT2D eigenvalue weighted by molar-refractivity contribution is 0.000539. The average Bonchev–Trinajstić information content (AvgIpc) is 2.77. The second-order valence-electron chi connectivity index (χ2n) is 7.98. The van der Waals surface area contributed by atoms with Crippen LogP contribution < -0.4 is 10.2 Å². The fourth-order valence-corrected chi connectivity index (χ4v) is 4.52. The zero-order chi connectivity index (χ0) is 19.2. The molecule has 4 rings (SSSR count). The van der Waals surface area contributed by atoms with Gasteiger partial charge in [-0.3, -0.25) is 0 Å². The van der Waals surface area contributed by atoms with Gasteiger partial charge >= 0.3 is 0 Å². The molecule has 0 amide bonds. The van der Waals surface area contributed by atoms with Crippen molar-refractivity contribution < 1.29 is 14.3 Å². The van der Waals surface area contributed by atoms with E-state index in [1.54, 1.807) is 7.11 Å². The van der Waals surface area contributed by atoms with Gasteiger partial charge in [-0.1, -0.05) is 42.5 Å². The van der Waals surface area contributed by atoms with E-state index in [1.165, 1.54) is 11.1 Å². The zero-order valence-electron chi connectivity index (χ0n) is 16.7. The van der Waals surface area contributed by atoms with Crippen LogP contribution in [0, 0.1) is 17.8 Å². The SMILES string of the molecule is CON[C@@H](c1cccc(OCC2=CC3CC=CCC3C=C2)c1)C1CCOCC1. The van der Waals surface area contributed by atoms with E-state index in [4.69, 9.17) is 14.3 Å². The minimum atomic E-state index is 0.154. The van der Waals surface area contributed by atoms with Crippen molar-refractivity contribution >= 4 is 0 Å². The van der Waals surface area contributed by atoms with Crippen LogP contribution in [0.15, 0.2) is 60.2 Å². The van der Waals surface area contributed by atoms with Gasteiger partial charge < -0.3 is 14.3 Å². The Labute approximate surface area is 168 Å². The molecule has 0 saturated carbocycles.